The first-order valence-electron chi connectivity index (χ1n) is 8.19. The lowest BCUT2D eigenvalue weighted by molar-refractivity contribution is 0.122. The van der Waals surface area contributed by atoms with Gasteiger partial charge >= 0.3 is 0 Å². The lowest BCUT2D eigenvalue weighted by Gasteiger charge is -2.35. The molecule has 9 heteroatoms. The van der Waals surface area contributed by atoms with E-state index in [1.54, 1.807) is 18.6 Å². The fourth-order valence-corrected chi connectivity index (χ4v) is 2.93. The van der Waals surface area contributed by atoms with Gasteiger partial charge in [-0.2, -0.15) is 10.1 Å². The normalized spacial score (nSPS) is 18.8. The van der Waals surface area contributed by atoms with E-state index >= 15 is 0 Å². The second kappa shape index (κ2) is 6.91. The van der Waals surface area contributed by atoms with Crippen LogP contribution in [0.2, 0.25) is 0 Å². The Hall–Kier alpha value is -2.55. The average molecular weight is 328 g/mol. The lowest BCUT2D eigenvalue weighted by Crippen LogP contribution is -2.47. The van der Waals surface area contributed by atoms with E-state index in [2.05, 4.69) is 34.9 Å². The highest BCUT2D eigenvalue weighted by Crippen LogP contribution is 2.17. The minimum Gasteiger partial charge on any atom is -0.378 e. The van der Waals surface area contributed by atoms with Crippen LogP contribution >= 0.6 is 0 Å². The molecule has 0 aromatic carbocycles. The standard InChI is InChI=1S/C15H20N8O/c1-2-16-14(17-3-1)22-6-4-21(5-7-22)13-12-18-20-15(19-13)23-8-10-24-11-9-23/h1-3,12H,4-11H2. The summed E-state index contributed by atoms with van der Waals surface area (Å²) < 4.78 is 5.38. The molecule has 2 aliphatic heterocycles. The zero-order valence-corrected chi connectivity index (χ0v) is 13.5. The highest BCUT2D eigenvalue weighted by atomic mass is 16.5. The Morgan fingerprint density at radius 2 is 1.46 bits per heavy atom. The molecule has 0 radical (unpaired) electrons. The first-order chi connectivity index (χ1) is 11.9. The minimum absolute atomic E-state index is 0.685. The quantitative estimate of drug-likeness (QED) is 0.762. The van der Waals surface area contributed by atoms with E-state index in [1.807, 2.05) is 6.07 Å². The third-order valence-electron chi connectivity index (χ3n) is 4.27. The van der Waals surface area contributed by atoms with Crippen LogP contribution in [-0.4, -0.2) is 77.6 Å². The van der Waals surface area contributed by atoms with Gasteiger partial charge in [-0.15, -0.1) is 5.10 Å². The lowest BCUT2D eigenvalue weighted by atomic mass is 10.3. The van der Waals surface area contributed by atoms with Crippen molar-refractivity contribution in [3.8, 4) is 0 Å². The summed E-state index contributed by atoms with van der Waals surface area (Å²) in [6.07, 6.45) is 5.29. The van der Waals surface area contributed by atoms with Crippen molar-refractivity contribution in [3.63, 3.8) is 0 Å². The Labute approximate surface area is 140 Å². The molecule has 126 valence electrons. The Morgan fingerprint density at radius 1 is 0.792 bits per heavy atom. The summed E-state index contributed by atoms with van der Waals surface area (Å²) in [6, 6.07) is 1.83. The van der Waals surface area contributed by atoms with Crippen LogP contribution in [-0.2, 0) is 4.74 Å². The number of rotatable bonds is 3. The summed E-state index contributed by atoms with van der Waals surface area (Å²) in [6.45, 7) is 6.49. The zero-order chi connectivity index (χ0) is 16.2. The zero-order valence-electron chi connectivity index (χ0n) is 13.5. The van der Waals surface area contributed by atoms with Gasteiger partial charge in [0.25, 0.3) is 0 Å². The van der Waals surface area contributed by atoms with Crippen LogP contribution in [0.15, 0.2) is 24.7 Å². The Morgan fingerprint density at radius 3 is 2.21 bits per heavy atom. The Kier molecular flexibility index (Phi) is 4.32. The maximum absolute atomic E-state index is 5.38. The van der Waals surface area contributed by atoms with Crippen LogP contribution in [0.3, 0.4) is 0 Å². The first-order valence-corrected chi connectivity index (χ1v) is 8.19. The third kappa shape index (κ3) is 3.21. The van der Waals surface area contributed by atoms with E-state index in [4.69, 9.17) is 9.72 Å². The van der Waals surface area contributed by atoms with Gasteiger partial charge in [-0.3, -0.25) is 0 Å². The molecule has 2 aromatic rings. The van der Waals surface area contributed by atoms with Crippen molar-refractivity contribution in [1.29, 1.82) is 0 Å². The van der Waals surface area contributed by atoms with E-state index in [9.17, 15) is 0 Å². The summed E-state index contributed by atoms with van der Waals surface area (Å²) in [5.41, 5.74) is 0. The smallest absolute Gasteiger partial charge is 0.247 e. The number of anilines is 3. The molecule has 9 nitrogen and oxygen atoms in total. The molecule has 4 heterocycles. The van der Waals surface area contributed by atoms with Crippen molar-refractivity contribution >= 4 is 17.7 Å². The summed E-state index contributed by atoms with van der Waals surface area (Å²) >= 11 is 0. The van der Waals surface area contributed by atoms with Gasteiger partial charge < -0.3 is 19.4 Å². The second-order valence-electron chi connectivity index (χ2n) is 5.74. The summed E-state index contributed by atoms with van der Waals surface area (Å²) in [5, 5.41) is 8.31. The number of hydrogen-bond donors (Lipinski definition) is 0. The van der Waals surface area contributed by atoms with Crippen LogP contribution in [0.5, 0.6) is 0 Å². The Bertz CT molecular complexity index is 656. The topological polar surface area (TPSA) is 83.4 Å². The van der Waals surface area contributed by atoms with Gasteiger partial charge in [0.05, 0.1) is 19.4 Å². The molecule has 2 aromatic heterocycles. The maximum atomic E-state index is 5.38. The molecule has 2 aliphatic rings. The second-order valence-corrected chi connectivity index (χ2v) is 5.74. The van der Waals surface area contributed by atoms with Crippen molar-refractivity contribution < 1.29 is 4.74 Å². The van der Waals surface area contributed by atoms with Crippen LogP contribution in [0.1, 0.15) is 0 Å². The van der Waals surface area contributed by atoms with Crippen molar-refractivity contribution in [2.75, 3.05) is 67.2 Å². The maximum Gasteiger partial charge on any atom is 0.247 e. The van der Waals surface area contributed by atoms with Gasteiger partial charge in [-0.25, -0.2) is 9.97 Å². The van der Waals surface area contributed by atoms with E-state index in [1.165, 1.54) is 0 Å². The van der Waals surface area contributed by atoms with Crippen LogP contribution in [0.25, 0.3) is 0 Å². The summed E-state index contributed by atoms with van der Waals surface area (Å²) in [7, 11) is 0. The molecular weight excluding hydrogens is 308 g/mol. The molecule has 2 saturated heterocycles. The highest BCUT2D eigenvalue weighted by molar-refractivity contribution is 5.44. The molecule has 0 aliphatic carbocycles. The molecule has 0 saturated carbocycles. The van der Waals surface area contributed by atoms with Gasteiger partial charge in [0.2, 0.25) is 11.9 Å². The van der Waals surface area contributed by atoms with Crippen LogP contribution in [0.4, 0.5) is 17.7 Å². The molecule has 0 N–H and O–H groups in total. The van der Waals surface area contributed by atoms with Crippen molar-refractivity contribution in [1.82, 2.24) is 25.1 Å². The Balaban J connectivity index is 1.42. The fourth-order valence-electron chi connectivity index (χ4n) is 2.93. The van der Waals surface area contributed by atoms with E-state index in [-0.39, 0.29) is 0 Å². The van der Waals surface area contributed by atoms with Crippen molar-refractivity contribution in [2.45, 2.75) is 0 Å². The largest absolute Gasteiger partial charge is 0.378 e. The molecule has 4 rings (SSSR count). The first kappa shape index (κ1) is 15.0. The molecule has 0 bridgehead atoms. The minimum atomic E-state index is 0.685. The van der Waals surface area contributed by atoms with E-state index in [0.29, 0.717) is 19.2 Å². The number of piperazine rings is 1. The van der Waals surface area contributed by atoms with Gasteiger partial charge in [-0.05, 0) is 6.07 Å². The van der Waals surface area contributed by atoms with Gasteiger partial charge in [-0.1, -0.05) is 0 Å². The number of ether oxygens (including phenoxy) is 1. The molecule has 24 heavy (non-hydrogen) atoms. The van der Waals surface area contributed by atoms with E-state index in [0.717, 1.165) is 51.0 Å². The average Bonchev–Trinajstić information content (AvgIpc) is 2.70. The van der Waals surface area contributed by atoms with Crippen molar-refractivity contribution in [2.24, 2.45) is 0 Å². The van der Waals surface area contributed by atoms with Gasteiger partial charge in [0.15, 0.2) is 5.82 Å². The van der Waals surface area contributed by atoms with Gasteiger partial charge in [0, 0.05) is 51.7 Å². The SMILES string of the molecule is c1cnc(N2CCN(c3cnnc(N4CCOCC4)n3)CC2)nc1. The monoisotopic (exact) mass is 328 g/mol. The summed E-state index contributed by atoms with van der Waals surface area (Å²) in [5.74, 6) is 2.34. The van der Waals surface area contributed by atoms with Gasteiger partial charge in [0.1, 0.15) is 0 Å². The molecule has 0 amide bonds. The summed E-state index contributed by atoms with van der Waals surface area (Å²) in [4.78, 5) is 19.9. The van der Waals surface area contributed by atoms with Crippen molar-refractivity contribution in [3.05, 3.63) is 24.7 Å². The fraction of sp³-hybridized carbons (Fsp3) is 0.533. The predicted molar refractivity (Wildman–Crippen MR) is 89.3 cm³/mol. The molecule has 0 spiro atoms. The van der Waals surface area contributed by atoms with Crippen LogP contribution in [0, 0.1) is 0 Å². The van der Waals surface area contributed by atoms with E-state index < -0.39 is 0 Å². The molecule has 0 unspecified atom stereocenters. The van der Waals surface area contributed by atoms with Crippen LogP contribution < -0.4 is 14.7 Å². The molecular formula is C15H20N8O. The number of hydrogen-bond acceptors (Lipinski definition) is 9. The third-order valence-corrected chi connectivity index (χ3v) is 4.27. The number of aromatic nitrogens is 5. The molecule has 0 atom stereocenters. The molecule has 2 fully saturated rings. The number of morpholine rings is 1. The highest BCUT2D eigenvalue weighted by Gasteiger charge is 2.21. The number of nitrogens with zero attached hydrogens (tertiary/aromatic N) is 8. The predicted octanol–water partition coefficient (Wildman–Crippen LogP) is -0.175.